The molecule has 30 heavy (non-hydrogen) atoms. The first kappa shape index (κ1) is 20.4. The molecule has 1 aromatic heterocycles. The van der Waals surface area contributed by atoms with E-state index >= 15 is 0 Å². The van der Waals surface area contributed by atoms with E-state index in [-0.39, 0.29) is 11.5 Å². The number of fused-ring (bicyclic) bond motifs is 1. The van der Waals surface area contributed by atoms with Crippen LogP contribution >= 0.6 is 11.6 Å². The number of hydrogen-bond acceptors (Lipinski definition) is 3. The van der Waals surface area contributed by atoms with Gasteiger partial charge in [-0.2, -0.15) is 5.10 Å². The normalized spacial score (nSPS) is 13.0. The number of nitrogens with one attached hydrogen (secondary N) is 2. The zero-order valence-electron chi connectivity index (χ0n) is 16.7. The molecule has 0 unspecified atom stereocenters. The molecule has 0 fully saturated rings. The van der Waals surface area contributed by atoms with Crippen LogP contribution in [0.1, 0.15) is 47.2 Å². The number of nitrogens with zero attached hydrogens (tertiary/aromatic N) is 1. The summed E-state index contributed by atoms with van der Waals surface area (Å²) in [6, 6.07) is 15.4. The second-order valence-corrected chi connectivity index (χ2v) is 8.09. The summed E-state index contributed by atoms with van der Waals surface area (Å²) in [5.41, 5.74) is 5.62. The van der Waals surface area contributed by atoms with Gasteiger partial charge in [-0.05, 0) is 67.0 Å². The van der Waals surface area contributed by atoms with Gasteiger partial charge in [0.05, 0.1) is 5.69 Å². The van der Waals surface area contributed by atoms with Gasteiger partial charge in [-0.3, -0.25) is 9.59 Å². The molecule has 0 spiro atoms. The zero-order valence-corrected chi connectivity index (χ0v) is 17.5. The summed E-state index contributed by atoms with van der Waals surface area (Å²) in [5, 5.41) is 10.6. The number of benzene rings is 2. The summed E-state index contributed by atoms with van der Waals surface area (Å²) in [6.07, 6.45) is 5.45. The Hall–Kier alpha value is -2.92. The quantitative estimate of drug-likeness (QED) is 0.616. The van der Waals surface area contributed by atoms with Crippen LogP contribution < -0.4 is 10.9 Å². The van der Waals surface area contributed by atoms with E-state index < -0.39 is 0 Å². The standard InChI is InChI=1S/C24H24ClN3O2/c25-21-11-4-1-7-17(21)12-13-23(29)26-18-8-5-6-16(14-18)15-22-19-9-2-3-10-20(19)24(30)28-27-22/h1,4-8,11,14H,2-3,9-10,12-13,15H2,(H,26,29)(H,28,30). The highest BCUT2D eigenvalue weighted by molar-refractivity contribution is 6.31. The second-order valence-electron chi connectivity index (χ2n) is 7.68. The van der Waals surface area contributed by atoms with Crippen LogP contribution in [-0.2, 0) is 30.5 Å². The zero-order chi connectivity index (χ0) is 20.9. The van der Waals surface area contributed by atoms with Crippen molar-refractivity contribution in [2.75, 3.05) is 5.32 Å². The highest BCUT2D eigenvalue weighted by atomic mass is 35.5. The number of aromatic amines is 1. The van der Waals surface area contributed by atoms with Crippen LogP contribution in [-0.4, -0.2) is 16.1 Å². The number of rotatable bonds is 6. The molecule has 5 nitrogen and oxygen atoms in total. The highest BCUT2D eigenvalue weighted by Crippen LogP contribution is 2.23. The van der Waals surface area contributed by atoms with E-state index in [2.05, 4.69) is 15.5 Å². The van der Waals surface area contributed by atoms with Crippen molar-refractivity contribution in [1.82, 2.24) is 10.2 Å². The number of aryl methyl sites for hydroxylation is 1. The van der Waals surface area contributed by atoms with E-state index in [1.165, 1.54) is 0 Å². The molecular weight excluding hydrogens is 398 g/mol. The maximum Gasteiger partial charge on any atom is 0.267 e. The molecule has 3 aromatic rings. The third-order valence-electron chi connectivity index (χ3n) is 5.54. The molecule has 154 valence electrons. The Morgan fingerprint density at radius 1 is 1.07 bits per heavy atom. The van der Waals surface area contributed by atoms with Crippen molar-refractivity contribution < 1.29 is 4.79 Å². The van der Waals surface area contributed by atoms with Gasteiger partial charge in [0.2, 0.25) is 5.91 Å². The second kappa shape index (κ2) is 9.26. The maximum absolute atomic E-state index is 12.4. The van der Waals surface area contributed by atoms with Crippen molar-refractivity contribution in [1.29, 1.82) is 0 Å². The smallest absolute Gasteiger partial charge is 0.267 e. The molecule has 2 N–H and O–H groups in total. The highest BCUT2D eigenvalue weighted by Gasteiger charge is 2.18. The first-order valence-electron chi connectivity index (χ1n) is 10.3. The Kier molecular flexibility index (Phi) is 6.29. The number of H-pyrrole nitrogens is 1. The minimum Gasteiger partial charge on any atom is -0.326 e. The molecule has 0 saturated carbocycles. The molecule has 4 rings (SSSR count). The molecule has 0 atom stereocenters. The van der Waals surface area contributed by atoms with E-state index in [0.717, 1.165) is 59.3 Å². The lowest BCUT2D eigenvalue weighted by Crippen LogP contribution is -2.23. The summed E-state index contributed by atoms with van der Waals surface area (Å²) in [7, 11) is 0. The first-order chi connectivity index (χ1) is 14.6. The van der Waals surface area contributed by atoms with Crippen LogP contribution in [0.4, 0.5) is 5.69 Å². The van der Waals surface area contributed by atoms with Gasteiger partial charge in [0.15, 0.2) is 0 Å². The largest absolute Gasteiger partial charge is 0.326 e. The molecule has 1 amide bonds. The topological polar surface area (TPSA) is 74.8 Å². The predicted octanol–water partition coefficient (Wildman–Crippen LogP) is 4.46. The summed E-state index contributed by atoms with van der Waals surface area (Å²) in [6.45, 7) is 0. The number of aromatic nitrogens is 2. The molecule has 1 heterocycles. The molecule has 2 aromatic carbocycles. The molecule has 1 aliphatic rings. The van der Waals surface area contributed by atoms with E-state index in [1.54, 1.807) is 0 Å². The summed E-state index contributed by atoms with van der Waals surface area (Å²) in [4.78, 5) is 24.4. The number of carbonyl (C=O) groups excluding carboxylic acids is 1. The Labute approximate surface area is 180 Å². The minimum absolute atomic E-state index is 0.0494. The van der Waals surface area contributed by atoms with Gasteiger partial charge in [0.1, 0.15) is 0 Å². The van der Waals surface area contributed by atoms with Crippen molar-refractivity contribution >= 4 is 23.2 Å². The van der Waals surface area contributed by atoms with E-state index in [4.69, 9.17) is 11.6 Å². The van der Waals surface area contributed by atoms with E-state index in [1.807, 2.05) is 48.5 Å². The molecule has 0 saturated heterocycles. The Morgan fingerprint density at radius 3 is 2.70 bits per heavy atom. The van der Waals surface area contributed by atoms with Crippen LogP contribution in [0.3, 0.4) is 0 Å². The first-order valence-corrected chi connectivity index (χ1v) is 10.7. The van der Waals surface area contributed by atoms with Crippen LogP contribution in [0.2, 0.25) is 5.02 Å². The summed E-state index contributed by atoms with van der Waals surface area (Å²) < 4.78 is 0. The lowest BCUT2D eigenvalue weighted by atomic mass is 9.90. The van der Waals surface area contributed by atoms with Crippen molar-refractivity contribution in [3.63, 3.8) is 0 Å². The monoisotopic (exact) mass is 421 g/mol. The van der Waals surface area contributed by atoms with E-state index in [9.17, 15) is 9.59 Å². The lowest BCUT2D eigenvalue weighted by Gasteiger charge is -2.17. The molecule has 1 aliphatic carbocycles. The van der Waals surface area contributed by atoms with Gasteiger partial charge in [0, 0.05) is 29.1 Å². The molecule has 0 aliphatic heterocycles. The number of amides is 1. The number of hydrogen-bond donors (Lipinski definition) is 2. The van der Waals surface area contributed by atoms with Crippen LogP contribution in [0.15, 0.2) is 53.3 Å². The lowest BCUT2D eigenvalue weighted by molar-refractivity contribution is -0.116. The van der Waals surface area contributed by atoms with Gasteiger partial charge >= 0.3 is 0 Å². The van der Waals surface area contributed by atoms with Gasteiger partial charge < -0.3 is 5.32 Å². The van der Waals surface area contributed by atoms with Gasteiger partial charge in [0.25, 0.3) is 5.56 Å². The van der Waals surface area contributed by atoms with E-state index in [0.29, 0.717) is 24.3 Å². The fraction of sp³-hybridized carbons (Fsp3) is 0.292. The van der Waals surface area contributed by atoms with Crippen molar-refractivity contribution in [3.8, 4) is 0 Å². The molecule has 0 radical (unpaired) electrons. The van der Waals surface area contributed by atoms with Crippen molar-refractivity contribution in [3.05, 3.63) is 91.9 Å². The van der Waals surface area contributed by atoms with Crippen LogP contribution in [0.25, 0.3) is 0 Å². The average molecular weight is 422 g/mol. The number of halogens is 1. The fourth-order valence-electron chi connectivity index (χ4n) is 4.00. The van der Waals surface area contributed by atoms with Gasteiger partial charge in [-0.1, -0.05) is 41.9 Å². The SMILES string of the molecule is O=C(CCc1ccccc1Cl)Nc1cccc(Cc2n[nH]c(=O)c3c2CCCC3)c1. The van der Waals surface area contributed by atoms with Crippen LogP contribution in [0, 0.1) is 0 Å². The average Bonchev–Trinajstić information content (AvgIpc) is 2.76. The summed E-state index contributed by atoms with van der Waals surface area (Å²) >= 11 is 6.17. The number of anilines is 1. The number of carbonyl (C=O) groups is 1. The molecule has 0 bridgehead atoms. The third-order valence-corrected chi connectivity index (χ3v) is 5.91. The van der Waals surface area contributed by atoms with Crippen LogP contribution in [0.5, 0.6) is 0 Å². The maximum atomic E-state index is 12.4. The molecular formula is C24H24ClN3O2. The van der Waals surface area contributed by atoms with Crippen molar-refractivity contribution in [2.24, 2.45) is 0 Å². The third kappa shape index (κ3) is 4.79. The van der Waals surface area contributed by atoms with Gasteiger partial charge in [-0.15, -0.1) is 0 Å². The van der Waals surface area contributed by atoms with Gasteiger partial charge in [-0.25, -0.2) is 5.10 Å². The molecule has 6 heteroatoms. The summed E-state index contributed by atoms with van der Waals surface area (Å²) in [5.74, 6) is -0.0494. The Balaban J connectivity index is 1.43. The van der Waals surface area contributed by atoms with Crippen molar-refractivity contribution in [2.45, 2.75) is 44.9 Å². The minimum atomic E-state index is -0.0621. The fourth-order valence-corrected chi connectivity index (χ4v) is 4.23. The predicted molar refractivity (Wildman–Crippen MR) is 119 cm³/mol. The Morgan fingerprint density at radius 2 is 1.87 bits per heavy atom. The Bertz CT molecular complexity index is 1120.